The summed E-state index contributed by atoms with van der Waals surface area (Å²) in [7, 11) is 0. The molecule has 2 aliphatic rings. The van der Waals surface area contributed by atoms with Gasteiger partial charge in [-0.1, -0.05) is 0 Å². The lowest BCUT2D eigenvalue weighted by molar-refractivity contribution is 0.410. The van der Waals surface area contributed by atoms with E-state index in [2.05, 4.69) is 11.8 Å². The first-order chi connectivity index (χ1) is 9.28. The van der Waals surface area contributed by atoms with Crippen molar-refractivity contribution in [1.29, 1.82) is 0 Å². The van der Waals surface area contributed by atoms with Gasteiger partial charge in [-0.05, 0) is 63.5 Å². The van der Waals surface area contributed by atoms with E-state index in [1.165, 1.54) is 42.6 Å². The monoisotopic (exact) mass is 260 g/mol. The molecule has 3 rings (SSSR count). The van der Waals surface area contributed by atoms with Gasteiger partial charge in [-0.15, -0.1) is 0 Å². The summed E-state index contributed by atoms with van der Waals surface area (Å²) in [6.07, 6.45) is 7.21. The Labute approximate surface area is 115 Å². The molecule has 0 atom stereocenters. The minimum absolute atomic E-state index is 0.690. The van der Waals surface area contributed by atoms with Crippen molar-refractivity contribution in [2.45, 2.75) is 45.4 Å². The van der Waals surface area contributed by atoms with E-state index in [-0.39, 0.29) is 0 Å². The van der Waals surface area contributed by atoms with Gasteiger partial charge in [-0.2, -0.15) is 0 Å². The standard InChI is InChI=1S/C15H24N4/c1-11-13-4-2-3-5-14(13)18-15(17-11)19-8-6-12(10-16)7-9-19/h12H,2-10,16H2,1H3. The quantitative estimate of drug-likeness (QED) is 0.881. The topological polar surface area (TPSA) is 55.0 Å². The number of anilines is 1. The van der Waals surface area contributed by atoms with Crippen LogP contribution in [-0.4, -0.2) is 29.6 Å². The third-order valence-corrected chi connectivity index (χ3v) is 4.61. The third kappa shape index (κ3) is 2.59. The summed E-state index contributed by atoms with van der Waals surface area (Å²) in [5.74, 6) is 1.64. The Balaban J connectivity index is 1.80. The van der Waals surface area contributed by atoms with Crippen LogP contribution >= 0.6 is 0 Å². The lowest BCUT2D eigenvalue weighted by Gasteiger charge is -2.32. The summed E-state index contributed by atoms with van der Waals surface area (Å²) < 4.78 is 0. The van der Waals surface area contributed by atoms with Gasteiger partial charge in [0.1, 0.15) is 0 Å². The molecule has 1 saturated heterocycles. The van der Waals surface area contributed by atoms with Gasteiger partial charge >= 0.3 is 0 Å². The molecule has 19 heavy (non-hydrogen) atoms. The second-order valence-corrected chi connectivity index (χ2v) is 5.91. The largest absolute Gasteiger partial charge is 0.341 e. The van der Waals surface area contributed by atoms with E-state index in [1.54, 1.807) is 0 Å². The Morgan fingerprint density at radius 2 is 1.89 bits per heavy atom. The van der Waals surface area contributed by atoms with E-state index >= 15 is 0 Å². The first-order valence-electron chi connectivity index (χ1n) is 7.59. The van der Waals surface area contributed by atoms with Gasteiger partial charge in [-0.25, -0.2) is 9.97 Å². The number of nitrogens with zero attached hydrogens (tertiary/aromatic N) is 3. The number of nitrogens with two attached hydrogens (primary N) is 1. The highest BCUT2D eigenvalue weighted by molar-refractivity contribution is 5.38. The molecule has 1 aromatic heterocycles. The zero-order valence-corrected chi connectivity index (χ0v) is 11.9. The van der Waals surface area contributed by atoms with E-state index in [9.17, 15) is 0 Å². The average Bonchev–Trinajstić information content (AvgIpc) is 2.47. The maximum atomic E-state index is 5.75. The molecule has 2 heterocycles. The third-order valence-electron chi connectivity index (χ3n) is 4.61. The lowest BCUT2D eigenvalue weighted by atomic mass is 9.95. The van der Waals surface area contributed by atoms with Crippen molar-refractivity contribution in [3.63, 3.8) is 0 Å². The van der Waals surface area contributed by atoms with Crippen LogP contribution in [0.1, 0.15) is 42.6 Å². The number of hydrogen-bond donors (Lipinski definition) is 1. The first-order valence-corrected chi connectivity index (χ1v) is 7.59. The van der Waals surface area contributed by atoms with Crippen molar-refractivity contribution in [1.82, 2.24) is 9.97 Å². The molecule has 0 unspecified atom stereocenters. The van der Waals surface area contributed by atoms with Crippen LogP contribution in [0, 0.1) is 12.8 Å². The highest BCUT2D eigenvalue weighted by Gasteiger charge is 2.22. The highest BCUT2D eigenvalue weighted by atomic mass is 15.3. The minimum atomic E-state index is 0.690. The molecule has 0 radical (unpaired) electrons. The molecule has 1 aliphatic heterocycles. The van der Waals surface area contributed by atoms with Gasteiger partial charge in [0.25, 0.3) is 0 Å². The van der Waals surface area contributed by atoms with E-state index < -0.39 is 0 Å². The van der Waals surface area contributed by atoms with Gasteiger partial charge in [0.15, 0.2) is 0 Å². The van der Waals surface area contributed by atoms with Gasteiger partial charge in [0, 0.05) is 24.5 Å². The van der Waals surface area contributed by atoms with Crippen molar-refractivity contribution in [3.05, 3.63) is 17.0 Å². The number of rotatable bonds is 2. The molecule has 0 amide bonds. The molecule has 4 heteroatoms. The molecule has 1 aromatic rings. The highest BCUT2D eigenvalue weighted by Crippen LogP contribution is 2.26. The second-order valence-electron chi connectivity index (χ2n) is 5.91. The van der Waals surface area contributed by atoms with E-state index in [1.807, 2.05) is 0 Å². The van der Waals surface area contributed by atoms with Crippen LogP contribution in [0.15, 0.2) is 0 Å². The van der Waals surface area contributed by atoms with Crippen molar-refractivity contribution in [2.75, 3.05) is 24.5 Å². The summed E-state index contributed by atoms with van der Waals surface area (Å²) in [6, 6.07) is 0. The Bertz CT molecular complexity index is 450. The predicted molar refractivity (Wildman–Crippen MR) is 77.4 cm³/mol. The molecule has 1 fully saturated rings. The normalized spacial score (nSPS) is 20.4. The summed E-state index contributed by atoms with van der Waals surface area (Å²) >= 11 is 0. The van der Waals surface area contributed by atoms with Gasteiger partial charge in [0.2, 0.25) is 5.95 Å². The number of aromatic nitrogens is 2. The van der Waals surface area contributed by atoms with E-state index in [0.29, 0.717) is 5.92 Å². The summed E-state index contributed by atoms with van der Waals surface area (Å²) in [5.41, 5.74) is 9.66. The summed E-state index contributed by atoms with van der Waals surface area (Å²) in [6.45, 7) is 5.07. The van der Waals surface area contributed by atoms with Crippen LogP contribution in [0.25, 0.3) is 0 Å². The Hall–Kier alpha value is -1.16. The smallest absolute Gasteiger partial charge is 0.225 e. The fraction of sp³-hybridized carbons (Fsp3) is 0.733. The zero-order chi connectivity index (χ0) is 13.2. The fourth-order valence-corrected chi connectivity index (χ4v) is 3.28. The predicted octanol–water partition coefficient (Wildman–Crippen LogP) is 1.84. The van der Waals surface area contributed by atoms with Gasteiger partial charge in [-0.3, -0.25) is 0 Å². The van der Waals surface area contributed by atoms with Crippen LogP contribution < -0.4 is 10.6 Å². The average molecular weight is 260 g/mol. The molecule has 0 bridgehead atoms. The Morgan fingerprint density at radius 3 is 2.63 bits per heavy atom. The van der Waals surface area contributed by atoms with E-state index in [4.69, 9.17) is 15.7 Å². The summed E-state index contributed by atoms with van der Waals surface area (Å²) in [5, 5.41) is 0. The van der Waals surface area contributed by atoms with Crippen molar-refractivity contribution >= 4 is 5.95 Å². The van der Waals surface area contributed by atoms with Gasteiger partial charge < -0.3 is 10.6 Å². The molecule has 104 valence electrons. The minimum Gasteiger partial charge on any atom is -0.341 e. The van der Waals surface area contributed by atoms with Crippen LogP contribution in [-0.2, 0) is 12.8 Å². The molecule has 4 nitrogen and oxygen atoms in total. The molecular formula is C15H24N4. The molecule has 0 spiro atoms. The SMILES string of the molecule is Cc1nc(N2CCC(CN)CC2)nc2c1CCCC2. The van der Waals surface area contributed by atoms with Crippen LogP contribution in [0.3, 0.4) is 0 Å². The Kier molecular flexibility index (Phi) is 3.69. The summed E-state index contributed by atoms with van der Waals surface area (Å²) in [4.78, 5) is 11.9. The number of fused-ring (bicyclic) bond motifs is 1. The first kappa shape index (κ1) is 12.9. The fourth-order valence-electron chi connectivity index (χ4n) is 3.28. The van der Waals surface area contributed by atoms with Crippen molar-refractivity contribution in [3.8, 4) is 0 Å². The van der Waals surface area contributed by atoms with Crippen molar-refractivity contribution < 1.29 is 0 Å². The van der Waals surface area contributed by atoms with Gasteiger partial charge in [0.05, 0.1) is 0 Å². The molecular weight excluding hydrogens is 236 g/mol. The molecule has 0 saturated carbocycles. The van der Waals surface area contributed by atoms with Crippen molar-refractivity contribution in [2.24, 2.45) is 11.7 Å². The van der Waals surface area contributed by atoms with Crippen LogP contribution in [0.4, 0.5) is 5.95 Å². The number of aryl methyl sites for hydroxylation is 2. The second kappa shape index (κ2) is 5.45. The molecule has 2 N–H and O–H groups in total. The molecule has 0 aromatic carbocycles. The Morgan fingerprint density at radius 1 is 1.16 bits per heavy atom. The van der Waals surface area contributed by atoms with Crippen LogP contribution in [0.2, 0.25) is 0 Å². The lowest BCUT2D eigenvalue weighted by Crippen LogP contribution is -2.37. The van der Waals surface area contributed by atoms with Crippen LogP contribution in [0.5, 0.6) is 0 Å². The molecule has 1 aliphatic carbocycles. The number of piperidine rings is 1. The maximum absolute atomic E-state index is 5.75. The number of hydrogen-bond acceptors (Lipinski definition) is 4. The maximum Gasteiger partial charge on any atom is 0.225 e. The van der Waals surface area contributed by atoms with E-state index in [0.717, 1.165) is 38.4 Å². The zero-order valence-electron chi connectivity index (χ0n) is 11.9.